The van der Waals surface area contributed by atoms with Gasteiger partial charge in [0.2, 0.25) is 0 Å². The quantitative estimate of drug-likeness (QED) is 0.635. The fraction of sp³-hybridized carbons (Fsp3) is 0. The van der Waals surface area contributed by atoms with Gasteiger partial charge < -0.3 is 0 Å². The van der Waals surface area contributed by atoms with Crippen molar-refractivity contribution in [2.75, 3.05) is 0 Å². The molecule has 0 nitrogen and oxygen atoms in total. The first-order chi connectivity index (χ1) is 5.38. The van der Waals surface area contributed by atoms with Crippen LogP contribution in [0.5, 0.6) is 0 Å². The van der Waals surface area contributed by atoms with Crippen LogP contribution in [0.3, 0.4) is 0 Å². The van der Waals surface area contributed by atoms with Crippen LogP contribution in [0.15, 0.2) is 29.0 Å². The molecule has 0 aliphatic rings. The Morgan fingerprint density at radius 1 is 1.09 bits per heavy atom. The Bertz CT molecular complexity index is 335. The second kappa shape index (κ2) is 2.75. The average Bonchev–Trinajstić information content (AvgIpc) is 2.55. The summed E-state index contributed by atoms with van der Waals surface area (Å²) in [5.74, 6) is -0.113. The lowest BCUT2D eigenvalue weighted by atomic mass is 10.4. The molecule has 0 aliphatic heterocycles. The molecule has 0 bridgehead atoms. The molecular weight excluding hydrogens is 179 g/mol. The first-order valence-corrected chi connectivity index (χ1v) is 4.91. The first-order valence-electron chi connectivity index (χ1n) is 3.15. The topological polar surface area (TPSA) is 0 Å². The summed E-state index contributed by atoms with van der Waals surface area (Å²) in [7, 11) is 0. The van der Waals surface area contributed by atoms with Crippen LogP contribution >= 0.6 is 22.7 Å². The van der Waals surface area contributed by atoms with Gasteiger partial charge in [-0.15, -0.1) is 22.7 Å². The van der Waals surface area contributed by atoms with Crippen LogP contribution in [-0.2, 0) is 0 Å². The third kappa shape index (κ3) is 1.21. The van der Waals surface area contributed by atoms with Crippen LogP contribution in [0.1, 0.15) is 0 Å². The number of halogens is 1. The highest BCUT2D eigenvalue weighted by Crippen LogP contribution is 2.31. The molecular formula is C8H5FS2. The van der Waals surface area contributed by atoms with Crippen molar-refractivity contribution in [3.05, 3.63) is 34.8 Å². The fourth-order valence-electron chi connectivity index (χ4n) is 0.877. The normalized spacial score (nSPS) is 10.3. The standard InChI is InChI=1S/C8H5FS2/c9-6-3-5-11-8(6)7-2-1-4-10-7/h1-5H. The molecule has 0 saturated heterocycles. The summed E-state index contributed by atoms with van der Waals surface area (Å²) >= 11 is 3.01. The molecule has 11 heavy (non-hydrogen) atoms. The van der Waals surface area contributed by atoms with Crippen molar-refractivity contribution in [1.29, 1.82) is 0 Å². The van der Waals surface area contributed by atoms with Gasteiger partial charge in [0, 0.05) is 4.88 Å². The Hall–Kier alpha value is -0.670. The molecule has 2 aromatic heterocycles. The Kier molecular flexibility index (Phi) is 1.75. The highest BCUT2D eigenvalue weighted by molar-refractivity contribution is 7.20. The van der Waals surface area contributed by atoms with Gasteiger partial charge >= 0.3 is 0 Å². The molecule has 0 fully saturated rings. The molecule has 0 aliphatic carbocycles. The van der Waals surface area contributed by atoms with E-state index in [2.05, 4.69) is 0 Å². The number of rotatable bonds is 1. The van der Waals surface area contributed by atoms with Crippen LogP contribution in [0, 0.1) is 5.82 Å². The summed E-state index contributed by atoms with van der Waals surface area (Å²) in [5, 5.41) is 3.72. The smallest absolute Gasteiger partial charge is 0.142 e. The molecule has 0 unspecified atom stereocenters. The van der Waals surface area contributed by atoms with Gasteiger partial charge in [-0.05, 0) is 22.9 Å². The second-order valence-electron chi connectivity index (χ2n) is 2.07. The minimum atomic E-state index is -0.113. The van der Waals surface area contributed by atoms with E-state index in [4.69, 9.17) is 0 Å². The van der Waals surface area contributed by atoms with Crippen molar-refractivity contribution in [2.24, 2.45) is 0 Å². The summed E-state index contributed by atoms with van der Waals surface area (Å²) in [6.45, 7) is 0. The van der Waals surface area contributed by atoms with E-state index in [1.165, 1.54) is 17.4 Å². The van der Waals surface area contributed by atoms with Crippen LogP contribution in [0.25, 0.3) is 9.75 Å². The second-order valence-corrected chi connectivity index (χ2v) is 3.94. The lowest BCUT2D eigenvalue weighted by Crippen LogP contribution is -1.67. The lowest BCUT2D eigenvalue weighted by Gasteiger charge is -1.88. The average molecular weight is 184 g/mol. The van der Waals surface area contributed by atoms with Gasteiger partial charge in [-0.2, -0.15) is 0 Å². The Labute approximate surface area is 71.9 Å². The van der Waals surface area contributed by atoms with Gasteiger partial charge in [-0.25, -0.2) is 4.39 Å². The molecule has 2 rings (SSSR count). The van der Waals surface area contributed by atoms with Gasteiger partial charge in [-0.1, -0.05) is 6.07 Å². The molecule has 0 atom stereocenters. The highest BCUT2D eigenvalue weighted by atomic mass is 32.1. The van der Waals surface area contributed by atoms with Crippen molar-refractivity contribution in [3.63, 3.8) is 0 Å². The molecule has 2 heterocycles. The SMILES string of the molecule is Fc1ccsc1-c1cccs1. The Morgan fingerprint density at radius 2 is 2.00 bits per heavy atom. The predicted octanol–water partition coefficient (Wildman–Crippen LogP) is 3.62. The van der Waals surface area contributed by atoms with Crippen molar-refractivity contribution < 1.29 is 4.39 Å². The molecule has 0 saturated carbocycles. The maximum Gasteiger partial charge on any atom is 0.142 e. The maximum absolute atomic E-state index is 12.9. The number of thiophene rings is 2. The summed E-state index contributed by atoms with van der Waals surface area (Å²) in [5.41, 5.74) is 0. The van der Waals surface area contributed by atoms with Gasteiger partial charge in [0.25, 0.3) is 0 Å². The first kappa shape index (κ1) is 7.00. The summed E-state index contributed by atoms with van der Waals surface area (Å²) in [4.78, 5) is 1.76. The van der Waals surface area contributed by atoms with Crippen molar-refractivity contribution in [1.82, 2.24) is 0 Å². The zero-order valence-corrected chi connectivity index (χ0v) is 7.21. The van der Waals surface area contributed by atoms with Crippen molar-refractivity contribution >= 4 is 22.7 Å². The summed E-state index contributed by atoms with van der Waals surface area (Å²) in [6, 6.07) is 5.36. The van der Waals surface area contributed by atoms with Crippen molar-refractivity contribution in [2.45, 2.75) is 0 Å². The third-order valence-electron chi connectivity index (χ3n) is 1.36. The predicted molar refractivity (Wildman–Crippen MR) is 47.6 cm³/mol. The largest absolute Gasteiger partial charge is 0.205 e. The molecule has 0 radical (unpaired) electrons. The van der Waals surface area contributed by atoms with E-state index < -0.39 is 0 Å². The lowest BCUT2D eigenvalue weighted by molar-refractivity contribution is 0.636. The fourth-order valence-corrected chi connectivity index (χ4v) is 2.52. The van der Waals surface area contributed by atoms with Gasteiger partial charge in [0.15, 0.2) is 0 Å². The van der Waals surface area contributed by atoms with Crippen molar-refractivity contribution in [3.8, 4) is 9.75 Å². The highest BCUT2D eigenvalue weighted by Gasteiger charge is 2.05. The Balaban J connectivity index is 2.53. The number of hydrogen-bond acceptors (Lipinski definition) is 2. The van der Waals surface area contributed by atoms with E-state index in [0.29, 0.717) is 0 Å². The maximum atomic E-state index is 12.9. The van der Waals surface area contributed by atoms with E-state index >= 15 is 0 Å². The number of hydrogen-bond donors (Lipinski definition) is 0. The molecule has 2 aromatic rings. The minimum Gasteiger partial charge on any atom is -0.205 e. The van der Waals surface area contributed by atoms with Crippen LogP contribution in [-0.4, -0.2) is 0 Å². The van der Waals surface area contributed by atoms with E-state index in [1.54, 1.807) is 16.7 Å². The molecule has 3 heteroatoms. The van der Waals surface area contributed by atoms with Crippen LogP contribution in [0.2, 0.25) is 0 Å². The van der Waals surface area contributed by atoms with Crippen LogP contribution in [0.4, 0.5) is 4.39 Å². The monoisotopic (exact) mass is 184 g/mol. The van der Waals surface area contributed by atoms with E-state index in [9.17, 15) is 4.39 Å². The molecule has 0 aromatic carbocycles. The van der Waals surface area contributed by atoms with E-state index in [1.807, 2.05) is 17.5 Å². The van der Waals surface area contributed by atoms with Gasteiger partial charge in [0.05, 0.1) is 4.88 Å². The van der Waals surface area contributed by atoms with Gasteiger partial charge in [-0.3, -0.25) is 0 Å². The molecule has 56 valence electrons. The molecule has 0 N–H and O–H groups in total. The van der Waals surface area contributed by atoms with E-state index in [-0.39, 0.29) is 5.82 Å². The summed E-state index contributed by atoms with van der Waals surface area (Å²) < 4.78 is 12.9. The molecule has 0 spiro atoms. The minimum absolute atomic E-state index is 0.113. The van der Waals surface area contributed by atoms with Gasteiger partial charge in [0.1, 0.15) is 5.82 Å². The van der Waals surface area contributed by atoms with E-state index in [0.717, 1.165) is 9.75 Å². The zero-order valence-electron chi connectivity index (χ0n) is 5.58. The Morgan fingerprint density at radius 3 is 2.55 bits per heavy atom. The summed E-state index contributed by atoms with van der Waals surface area (Å²) in [6.07, 6.45) is 0. The molecule has 0 amide bonds. The zero-order chi connectivity index (χ0) is 7.68. The third-order valence-corrected chi connectivity index (χ3v) is 3.30. The van der Waals surface area contributed by atoms with Crippen LogP contribution < -0.4 is 0 Å².